The van der Waals surface area contributed by atoms with Crippen LogP contribution in [0.15, 0.2) is 58.1 Å². The Hall–Kier alpha value is -3.80. The molecule has 3 aromatic rings. The topological polar surface area (TPSA) is 199 Å². The molecule has 0 aliphatic carbocycles. The zero-order chi connectivity index (χ0) is 35.2. The number of rotatable bonds is 10. The Kier molecular flexibility index (Phi) is 16.1. The van der Waals surface area contributed by atoms with E-state index < -0.39 is 20.2 Å². The van der Waals surface area contributed by atoms with Crippen molar-refractivity contribution in [3.05, 3.63) is 91.1 Å². The number of H-pyrrole nitrogens is 2. The Morgan fingerprint density at radius 1 is 0.652 bits per heavy atom. The molecule has 2 unspecified atom stereocenters. The average molecular weight is 685 g/mol. The first-order chi connectivity index (χ1) is 21.1. The average Bonchev–Trinajstić information content (AvgIpc) is 2.92. The largest absolute Gasteiger partial charge is 0.492 e. The highest BCUT2D eigenvalue weighted by molar-refractivity contribution is 7.85. The summed E-state index contributed by atoms with van der Waals surface area (Å²) in [6, 6.07) is 15.3. The van der Waals surface area contributed by atoms with E-state index in [1.807, 2.05) is 76.7 Å². The van der Waals surface area contributed by atoms with E-state index in [9.17, 15) is 26.4 Å². The molecule has 0 saturated carbocycles. The zero-order valence-electron chi connectivity index (χ0n) is 27.2. The smallest absolute Gasteiger partial charge is 0.272 e. The van der Waals surface area contributed by atoms with Gasteiger partial charge in [-0.05, 0) is 89.6 Å². The second-order valence-electron chi connectivity index (χ2n) is 10.9. The lowest BCUT2D eigenvalue weighted by Gasteiger charge is -2.19. The first-order valence-electron chi connectivity index (χ1n) is 13.8. The van der Waals surface area contributed by atoms with Gasteiger partial charge in [-0.1, -0.05) is 24.3 Å². The van der Waals surface area contributed by atoms with Gasteiger partial charge in [0.2, 0.25) is 0 Å². The van der Waals surface area contributed by atoms with Crippen LogP contribution in [0.3, 0.4) is 0 Å². The molecule has 16 heteroatoms. The van der Waals surface area contributed by atoms with Gasteiger partial charge in [-0.15, -0.1) is 0 Å². The van der Waals surface area contributed by atoms with Crippen molar-refractivity contribution in [2.75, 3.05) is 53.9 Å². The molecule has 4 N–H and O–H groups in total. The number of nitrogens with zero attached hydrogens (tertiary/aromatic N) is 2. The van der Waals surface area contributed by atoms with Crippen molar-refractivity contribution in [2.24, 2.45) is 0 Å². The predicted octanol–water partition coefficient (Wildman–Crippen LogP) is 0.387. The van der Waals surface area contributed by atoms with E-state index in [1.165, 1.54) is 0 Å². The van der Waals surface area contributed by atoms with Crippen LogP contribution >= 0.6 is 0 Å². The van der Waals surface area contributed by atoms with Crippen molar-refractivity contribution in [1.82, 2.24) is 19.8 Å². The fourth-order valence-corrected chi connectivity index (χ4v) is 3.08. The third-order valence-corrected chi connectivity index (χ3v) is 6.11. The maximum absolute atomic E-state index is 12.6. The van der Waals surface area contributed by atoms with Crippen LogP contribution in [-0.2, 0) is 20.2 Å². The third-order valence-electron chi connectivity index (χ3n) is 6.11. The highest BCUT2D eigenvalue weighted by atomic mass is 32.2. The molecule has 0 bridgehead atoms. The fourth-order valence-electron chi connectivity index (χ4n) is 3.08. The van der Waals surface area contributed by atoms with Crippen molar-refractivity contribution in [3.8, 4) is 11.5 Å². The second-order valence-corrected chi connectivity index (χ2v) is 13.8. The summed E-state index contributed by atoms with van der Waals surface area (Å²) in [6.45, 7) is 5.32. The first-order valence-corrected chi connectivity index (χ1v) is 17.5. The van der Waals surface area contributed by atoms with E-state index in [-0.39, 0.29) is 21.8 Å². The van der Waals surface area contributed by atoms with Crippen LogP contribution in [0, 0.1) is 0 Å². The van der Waals surface area contributed by atoms with E-state index >= 15 is 0 Å². The van der Waals surface area contributed by atoms with Gasteiger partial charge in [0, 0.05) is 12.1 Å². The van der Waals surface area contributed by atoms with Crippen LogP contribution in [0.25, 0.3) is 12.2 Å². The van der Waals surface area contributed by atoms with Gasteiger partial charge in [0.15, 0.2) is 0 Å². The van der Waals surface area contributed by atoms with Crippen LogP contribution in [0.4, 0.5) is 0 Å². The summed E-state index contributed by atoms with van der Waals surface area (Å²) in [5.41, 5.74) is 0.803. The van der Waals surface area contributed by atoms with Crippen molar-refractivity contribution in [3.63, 3.8) is 0 Å². The van der Waals surface area contributed by atoms with Crippen LogP contribution in [0.1, 0.15) is 25.0 Å². The normalized spacial score (nSPS) is 13.7. The van der Waals surface area contributed by atoms with Crippen LogP contribution in [-0.4, -0.2) is 112 Å². The van der Waals surface area contributed by atoms with E-state index in [0.29, 0.717) is 37.8 Å². The summed E-state index contributed by atoms with van der Waals surface area (Å²) in [4.78, 5) is 34.8. The molecule has 0 aliphatic rings. The predicted molar refractivity (Wildman–Crippen MR) is 179 cm³/mol. The lowest BCUT2D eigenvalue weighted by molar-refractivity contribution is 0.198. The molecular formula is C30H44N4O10S2. The number of likely N-dealkylation sites (N-methyl/N-ethyl adjacent to an activating group) is 2. The molecule has 2 aromatic carbocycles. The Morgan fingerprint density at radius 3 is 1.15 bits per heavy atom. The summed E-state index contributed by atoms with van der Waals surface area (Å²) in [7, 11) is 0.694. The van der Waals surface area contributed by atoms with Crippen molar-refractivity contribution < 1.29 is 35.4 Å². The molecule has 3 rings (SSSR count). The van der Waals surface area contributed by atoms with E-state index in [2.05, 4.69) is 33.6 Å². The van der Waals surface area contributed by atoms with Gasteiger partial charge in [-0.25, -0.2) is 0 Å². The summed E-state index contributed by atoms with van der Waals surface area (Å²) < 4.78 is 63.3. The molecule has 1 aromatic heterocycles. The van der Waals surface area contributed by atoms with Gasteiger partial charge < -0.3 is 29.2 Å². The minimum absolute atomic E-state index is 0.186. The maximum Gasteiger partial charge on any atom is 0.272 e. The molecule has 0 aliphatic heterocycles. The lowest BCUT2D eigenvalue weighted by Crippen LogP contribution is -2.46. The van der Waals surface area contributed by atoms with Gasteiger partial charge in [0.1, 0.15) is 35.4 Å². The SMILES string of the molecule is CC(COc1ccc(/C=c2\[nH]c(=O)/c(=C/c3ccc(OCC(C)N(C)C)cc3)[nH]c2=O)cc1)N(C)C.CS(=O)(=O)O.CS(=O)(=O)O. The zero-order valence-corrected chi connectivity index (χ0v) is 28.8. The molecule has 46 heavy (non-hydrogen) atoms. The molecule has 0 saturated heterocycles. The monoisotopic (exact) mass is 684 g/mol. The van der Waals surface area contributed by atoms with Gasteiger partial charge in [0.25, 0.3) is 31.4 Å². The van der Waals surface area contributed by atoms with E-state index in [1.54, 1.807) is 12.2 Å². The number of nitrogens with one attached hydrogen (secondary N) is 2. The quantitative estimate of drug-likeness (QED) is 0.215. The van der Waals surface area contributed by atoms with Gasteiger partial charge >= 0.3 is 0 Å². The Balaban J connectivity index is 0.000000919. The molecule has 0 radical (unpaired) electrons. The molecule has 0 fully saturated rings. The number of aromatic nitrogens is 2. The molecule has 0 spiro atoms. The minimum atomic E-state index is -3.67. The second kappa shape index (κ2) is 18.4. The third kappa shape index (κ3) is 18.2. The molecule has 14 nitrogen and oxygen atoms in total. The molecule has 2 atom stereocenters. The Bertz CT molecular complexity index is 1680. The molecule has 0 amide bonds. The number of ether oxygens (including phenoxy) is 2. The summed E-state index contributed by atoms with van der Waals surface area (Å²) in [6.07, 6.45) is 4.70. The number of hydrogen-bond donors (Lipinski definition) is 4. The van der Waals surface area contributed by atoms with Gasteiger partial charge in [-0.3, -0.25) is 18.7 Å². The highest BCUT2D eigenvalue weighted by Crippen LogP contribution is 2.14. The standard InChI is InChI=1S/C28H36N4O4.2CH4O3S/c1-19(31(3)4)17-35-23-11-7-21(8-12-23)15-25-27(33)30-26(28(34)29-25)16-22-9-13-24(14-10-22)36-18-20(2)32(5)6;2*1-5(2,3)4/h7-16,19-20H,17-18H2,1-6H3,(H,29,34)(H,30,33);2*1H3,(H,2,3,4)/b25-15-,26-16-;;. The van der Waals surface area contributed by atoms with Crippen molar-refractivity contribution >= 4 is 32.4 Å². The summed E-state index contributed by atoms with van der Waals surface area (Å²) >= 11 is 0. The molecule has 1 heterocycles. The molecular weight excluding hydrogens is 640 g/mol. The minimum Gasteiger partial charge on any atom is -0.492 e. The first kappa shape index (κ1) is 40.2. The Morgan fingerprint density at radius 2 is 0.913 bits per heavy atom. The maximum atomic E-state index is 12.6. The van der Waals surface area contributed by atoms with Gasteiger partial charge in [-0.2, -0.15) is 16.8 Å². The highest BCUT2D eigenvalue weighted by Gasteiger charge is 2.06. The van der Waals surface area contributed by atoms with Gasteiger partial charge in [0.05, 0.1) is 12.5 Å². The summed E-state index contributed by atoms with van der Waals surface area (Å²) in [5.74, 6) is 1.49. The van der Waals surface area contributed by atoms with E-state index in [0.717, 1.165) is 22.6 Å². The Labute approximate surface area is 269 Å². The summed E-state index contributed by atoms with van der Waals surface area (Å²) in [5, 5.41) is 0.372. The van der Waals surface area contributed by atoms with Crippen LogP contribution in [0.5, 0.6) is 11.5 Å². The molecule has 256 valence electrons. The van der Waals surface area contributed by atoms with Crippen LogP contribution < -0.4 is 31.3 Å². The number of aromatic amines is 2. The van der Waals surface area contributed by atoms with Crippen LogP contribution in [0.2, 0.25) is 0 Å². The number of hydrogen-bond acceptors (Lipinski definition) is 10. The lowest BCUT2D eigenvalue weighted by atomic mass is 10.2. The fraction of sp³-hybridized carbons (Fsp3) is 0.400. The van der Waals surface area contributed by atoms with Crippen molar-refractivity contribution in [1.29, 1.82) is 0 Å². The van der Waals surface area contributed by atoms with Crippen molar-refractivity contribution in [2.45, 2.75) is 25.9 Å². The van der Waals surface area contributed by atoms with E-state index in [4.69, 9.17) is 18.6 Å². The number of benzene rings is 2.